The van der Waals surface area contributed by atoms with Gasteiger partial charge in [0.25, 0.3) is 11.3 Å². The topological polar surface area (TPSA) is 39.1 Å². The Hall–Kier alpha value is -1.59. The van der Waals surface area contributed by atoms with Gasteiger partial charge >= 0.3 is 6.18 Å². The van der Waals surface area contributed by atoms with Crippen LogP contribution in [0.4, 0.5) is 13.2 Å². The first-order valence-corrected chi connectivity index (χ1v) is 4.61. The van der Waals surface area contributed by atoms with E-state index in [-0.39, 0.29) is 12.2 Å². The first kappa shape index (κ1) is 12.5. The van der Waals surface area contributed by atoms with Gasteiger partial charge < -0.3 is 4.57 Å². The van der Waals surface area contributed by atoms with E-state index in [0.717, 1.165) is 16.7 Å². The average molecular weight is 233 g/mol. The lowest BCUT2D eigenvalue weighted by Gasteiger charge is -2.12. The Kier molecular flexibility index (Phi) is 3.21. The maximum absolute atomic E-state index is 12.2. The number of aromatic nitrogens is 1. The van der Waals surface area contributed by atoms with Crippen molar-refractivity contribution in [2.45, 2.75) is 26.6 Å². The van der Waals surface area contributed by atoms with Gasteiger partial charge in [-0.05, 0) is 19.9 Å². The molecule has 1 aromatic heterocycles. The molecule has 1 aromatic rings. The third-order valence-electron chi connectivity index (χ3n) is 2.27. The first-order chi connectivity index (χ1) is 7.29. The molecule has 0 aromatic carbocycles. The lowest BCUT2D eigenvalue weighted by atomic mass is 10.1. The Balaban J connectivity index is 3.38. The molecular weight excluding hydrogens is 223 g/mol. The minimum absolute atomic E-state index is 0.0392. The number of alkyl halides is 3. The monoisotopic (exact) mass is 233 g/mol. The Morgan fingerprint density at radius 1 is 1.38 bits per heavy atom. The lowest BCUT2D eigenvalue weighted by molar-refractivity contribution is -0.0886. The Morgan fingerprint density at radius 2 is 1.94 bits per heavy atom. The molecule has 0 aliphatic heterocycles. The van der Waals surface area contributed by atoms with E-state index in [2.05, 4.69) is 0 Å². The zero-order chi connectivity index (χ0) is 12.5. The molecule has 1 heterocycles. The van der Waals surface area contributed by atoms with Gasteiger partial charge in [-0.2, -0.15) is 13.2 Å². The van der Waals surface area contributed by atoms with Crippen molar-refractivity contribution in [3.05, 3.63) is 33.7 Å². The Labute approximate surface area is 89.5 Å². The summed E-state index contributed by atoms with van der Waals surface area (Å²) in [5.41, 5.74) is -0.856. The number of pyridine rings is 1. The van der Waals surface area contributed by atoms with Crippen molar-refractivity contribution >= 4 is 5.78 Å². The lowest BCUT2D eigenvalue weighted by Crippen LogP contribution is -2.28. The molecule has 0 saturated heterocycles. The van der Waals surface area contributed by atoms with Crippen molar-refractivity contribution in [1.82, 2.24) is 4.57 Å². The van der Waals surface area contributed by atoms with Crippen molar-refractivity contribution in [2.75, 3.05) is 0 Å². The molecule has 88 valence electrons. The number of ketones is 1. The molecule has 16 heavy (non-hydrogen) atoms. The van der Waals surface area contributed by atoms with Crippen LogP contribution in [0.1, 0.15) is 23.0 Å². The van der Waals surface area contributed by atoms with E-state index >= 15 is 0 Å². The van der Waals surface area contributed by atoms with E-state index in [0.29, 0.717) is 0 Å². The number of nitrogens with zero attached hydrogens (tertiary/aromatic N) is 1. The predicted octanol–water partition coefficient (Wildman–Crippen LogP) is 1.92. The number of carbonyl (C=O) groups is 1. The second kappa shape index (κ2) is 4.11. The zero-order valence-corrected chi connectivity index (χ0v) is 8.76. The van der Waals surface area contributed by atoms with Crippen molar-refractivity contribution in [1.29, 1.82) is 0 Å². The zero-order valence-electron chi connectivity index (χ0n) is 8.76. The molecule has 0 spiro atoms. The molecule has 0 N–H and O–H groups in total. The maximum Gasteiger partial charge on any atom is 0.454 e. The number of rotatable bonds is 2. The van der Waals surface area contributed by atoms with Crippen LogP contribution in [0.25, 0.3) is 0 Å². The van der Waals surface area contributed by atoms with Crippen LogP contribution in [0.2, 0.25) is 0 Å². The van der Waals surface area contributed by atoms with Gasteiger partial charge in [0, 0.05) is 23.9 Å². The summed E-state index contributed by atoms with van der Waals surface area (Å²) < 4.78 is 37.8. The summed E-state index contributed by atoms with van der Waals surface area (Å²) in [4.78, 5) is 22.3. The molecule has 0 aliphatic carbocycles. The fourth-order valence-corrected chi connectivity index (χ4v) is 1.46. The van der Waals surface area contributed by atoms with Crippen molar-refractivity contribution < 1.29 is 18.0 Å². The minimum Gasteiger partial charge on any atom is -0.312 e. The van der Waals surface area contributed by atoms with Gasteiger partial charge in [0.1, 0.15) is 0 Å². The molecule has 0 amide bonds. The van der Waals surface area contributed by atoms with Crippen LogP contribution in [0.3, 0.4) is 0 Å². The van der Waals surface area contributed by atoms with Crippen molar-refractivity contribution in [3.8, 4) is 0 Å². The van der Waals surface area contributed by atoms with Gasteiger partial charge in [-0.25, -0.2) is 0 Å². The fourth-order valence-electron chi connectivity index (χ4n) is 1.46. The second-order valence-corrected chi connectivity index (χ2v) is 3.24. The van der Waals surface area contributed by atoms with Crippen LogP contribution in [0.5, 0.6) is 0 Å². The maximum atomic E-state index is 12.2. The molecule has 1 rings (SSSR count). The summed E-state index contributed by atoms with van der Waals surface area (Å²) >= 11 is 0. The van der Waals surface area contributed by atoms with E-state index in [4.69, 9.17) is 0 Å². The van der Waals surface area contributed by atoms with E-state index in [1.165, 1.54) is 6.92 Å². The highest BCUT2D eigenvalue weighted by atomic mass is 19.4. The molecule has 0 aliphatic rings. The Bertz CT molecular complexity index is 474. The normalized spacial score (nSPS) is 11.6. The number of hydrogen-bond donors (Lipinski definition) is 0. The van der Waals surface area contributed by atoms with Gasteiger partial charge in [0.2, 0.25) is 0 Å². The highest BCUT2D eigenvalue weighted by Gasteiger charge is 2.40. The number of hydrogen-bond acceptors (Lipinski definition) is 2. The summed E-state index contributed by atoms with van der Waals surface area (Å²) in [5, 5.41) is 0. The average Bonchev–Trinajstić information content (AvgIpc) is 2.16. The van der Waals surface area contributed by atoms with Crippen LogP contribution in [-0.2, 0) is 6.54 Å². The number of carbonyl (C=O) groups excluding carboxylic acids is 1. The summed E-state index contributed by atoms with van der Waals surface area (Å²) in [6.45, 7) is 3.17. The van der Waals surface area contributed by atoms with Gasteiger partial charge in [-0.15, -0.1) is 0 Å². The van der Waals surface area contributed by atoms with E-state index in [9.17, 15) is 22.8 Å². The molecule has 0 radical (unpaired) electrons. The molecule has 0 unspecified atom stereocenters. The minimum atomic E-state index is -4.92. The van der Waals surface area contributed by atoms with Crippen molar-refractivity contribution in [2.24, 2.45) is 0 Å². The van der Waals surface area contributed by atoms with Crippen molar-refractivity contribution in [3.63, 3.8) is 0 Å². The van der Waals surface area contributed by atoms with Gasteiger partial charge in [-0.3, -0.25) is 9.59 Å². The highest BCUT2D eigenvalue weighted by molar-refractivity contribution is 6.01. The second-order valence-electron chi connectivity index (χ2n) is 3.24. The molecule has 0 fully saturated rings. The standard InChI is InChI=1S/C10H10F3NO2/c1-3-14-6(2)7(4-5-8(14)15)9(16)10(11,12)13/h4-5H,3H2,1-2H3. The van der Waals surface area contributed by atoms with Crippen LogP contribution < -0.4 is 5.56 Å². The molecule has 6 heteroatoms. The smallest absolute Gasteiger partial charge is 0.312 e. The van der Waals surface area contributed by atoms with Crippen LogP contribution in [0.15, 0.2) is 16.9 Å². The molecule has 0 atom stereocenters. The summed E-state index contributed by atoms with van der Waals surface area (Å²) in [7, 11) is 0. The fraction of sp³-hybridized carbons (Fsp3) is 0.400. The molecular formula is C10H10F3NO2. The molecule has 3 nitrogen and oxygen atoms in total. The number of Topliss-reactive ketones (excluding diaryl/α,β-unsaturated/α-hetero) is 1. The predicted molar refractivity (Wildman–Crippen MR) is 51.5 cm³/mol. The van der Waals surface area contributed by atoms with Crippen LogP contribution in [-0.4, -0.2) is 16.5 Å². The first-order valence-electron chi connectivity index (χ1n) is 4.61. The summed E-state index contributed by atoms with van der Waals surface area (Å²) in [5.74, 6) is -1.92. The van der Waals surface area contributed by atoms with Crippen LogP contribution in [0, 0.1) is 6.92 Å². The molecule has 0 saturated carbocycles. The van der Waals surface area contributed by atoms with Gasteiger partial charge in [0.15, 0.2) is 0 Å². The van der Waals surface area contributed by atoms with Crippen LogP contribution >= 0.6 is 0 Å². The molecule has 0 bridgehead atoms. The Morgan fingerprint density at radius 3 is 2.38 bits per heavy atom. The van der Waals surface area contributed by atoms with Gasteiger partial charge in [-0.1, -0.05) is 0 Å². The third kappa shape index (κ3) is 2.15. The summed E-state index contributed by atoms with van der Waals surface area (Å²) in [6, 6.07) is 1.88. The quantitative estimate of drug-likeness (QED) is 0.732. The third-order valence-corrected chi connectivity index (χ3v) is 2.27. The number of halogens is 3. The summed E-state index contributed by atoms with van der Waals surface area (Å²) in [6.07, 6.45) is -4.92. The van der Waals surface area contributed by atoms with E-state index < -0.39 is 23.1 Å². The van der Waals surface area contributed by atoms with Gasteiger partial charge in [0.05, 0.1) is 0 Å². The van der Waals surface area contributed by atoms with E-state index in [1.807, 2.05) is 0 Å². The largest absolute Gasteiger partial charge is 0.454 e. The SMILES string of the molecule is CCn1c(C)c(C(=O)C(F)(F)F)ccc1=O. The van der Waals surface area contributed by atoms with E-state index in [1.54, 1.807) is 6.92 Å². The highest BCUT2D eigenvalue weighted by Crippen LogP contribution is 2.22.